The topological polar surface area (TPSA) is 58.6 Å². The molecule has 28 heavy (non-hydrogen) atoms. The van der Waals surface area contributed by atoms with Crippen molar-refractivity contribution in [2.45, 2.75) is 19.8 Å². The Morgan fingerprint density at radius 3 is 2.68 bits per heavy atom. The van der Waals surface area contributed by atoms with Crippen LogP contribution in [0.4, 0.5) is 11.4 Å². The van der Waals surface area contributed by atoms with Crippen molar-refractivity contribution in [2.75, 3.05) is 23.4 Å². The van der Waals surface area contributed by atoms with Gasteiger partial charge in [0, 0.05) is 18.3 Å². The van der Waals surface area contributed by atoms with Crippen LogP contribution in [0.1, 0.15) is 30.9 Å². The standard InChI is InChI=1S/C23H24N2O3/c1-4-13-25-20-14-19(10-11-21(20)28-15-23(25)27)24-22(26)12-7-17-5-8-18(9-6-17)16(2)3/h4-12,14,16H,1,13,15H2,2-3H3,(H,24,26)/b12-7+. The summed E-state index contributed by atoms with van der Waals surface area (Å²) in [5.74, 6) is 0.703. The molecule has 144 valence electrons. The van der Waals surface area contributed by atoms with Crippen LogP contribution in [-0.4, -0.2) is 25.0 Å². The maximum absolute atomic E-state index is 12.3. The molecule has 0 atom stereocenters. The fourth-order valence-corrected chi connectivity index (χ4v) is 2.96. The Balaban J connectivity index is 1.70. The zero-order valence-corrected chi connectivity index (χ0v) is 16.1. The molecule has 0 unspecified atom stereocenters. The largest absolute Gasteiger partial charge is 0.482 e. The number of hydrogen-bond acceptors (Lipinski definition) is 3. The highest BCUT2D eigenvalue weighted by molar-refractivity contribution is 6.03. The van der Waals surface area contributed by atoms with E-state index in [2.05, 4.69) is 37.9 Å². The third kappa shape index (κ3) is 4.49. The van der Waals surface area contributed by atoms with Gasteiger partial charge in [0.1, 0.15) is 5.75 Å². The summed E-state index contributed by atoms with van der Waals surface area (Å²) in [7, 11) is 0. The third-order valence-electron chi connectivity index (χ3n) is 4.51. The molecule has 5 heteroatoms. The number of amides is 2. The van der Waals surface area contributed by atoms with Crippen LogP contribution in [0.2, 0.25) is 0 Å². The fraction of sp³-hybridized carbons (Fsp3) is 0.217. The molecule has 0 aliphatic carbocycles. The maximum Gasteiger partial charge on any atom is 0.265 e. The van der Waals surface area contributed by atoms with Crippen LogP contribution in [0.25, 0.3) is 6.08 Å². The number of fused-ring (bicyclic) bond motifs is 1. The van der Waals surface area contributed by atoms with Crippen molar-refractivity contribution in [3.8, 4) is 5.75 Å². The summed E-state index contributed by atoms with van der Waals surface area (Å²) in [4.78, 5) is 25.9. The van der Waals surface area contributed by atoms with E-state index in [-0.39, 0.29) is 18.4 Å². The minimum Gasteiger partial charge on any atom is -0.482 e. The highest BCUT2D eigenvalue weighted by Gasteiger charge is 2.24. The summed E-state index contributed by atoms with van der Waals surface area (Å²) in [6, 6.07) is 13.4. The molecule has 0 spiro atoms. The van der Waals surface area contributed by atoms with Crippen LogP contribution < -0.4 is 15.0 Å². The first-order valence-corrected chi connectivity index (χ1v) is 9.25. The van der Waals surface area contributed by atoms with Gasteiger partial charge in [-0.05, 0) is 41.3 Å². The zero-order chi connectivity index (χ0) is 20.1. The second-order valence-electron chi connectivity index (χ2n) is 6.91. The number of ether oxygens (including phenoxy) is 1. The van der Waals surface area contributed by atoms with Gasteiger partial charge in [0.25, 0.3) is 5.91 Å². The summed E-state index contributed by atoms with van der Waals surface area (Å²) in [6.45, 7) is 8.37. The molecule has 1 N–H and O–H groups in total. The smallest absolute Gasteiger partial charge is 0.265 e. The minimum atomic E-state index is -0.244. The van der Waals surface area contributed by atoms with Crippen molar-refractivity contribution < 1.29 is 14.3 Å². The molecular weight excluding hydrogens is 352 g/mol. The van der Waals surface area contributed by atoms with Crippen molar-refractivity contribution in [3.05, 3.63) is 72.3 Å². The van der Waals surface area contributed by atoms with Gasteiger partial charge >= 0.3 is 0 Å². The fourth-order valence-electron chi connectivity index (χ4n) is 2.96. The molecule has 2 aromatic rings. The number of hydrogen-bond donors (Lipinski definition) is 1. The lowest BCUT2D eigenvalue weighted by molar-refractivity contribution is -0.121. The highest BCUT2D eigenvalue weighted by atomic mass is 16.5. The normalized spacial score (nSPS) is 13.4. The summed E-state index contributed by atoms with van der Waals surface area (Å²) in [6.07, 6.45) is 4.92. The van der Waals surface area contributed by atoms with Crippen LogP contribution in [0.15, 0.2) is 61.2 Å². The van der Waals surface area contributed by atoms with Gasteiger partial charge in [0.05, 0.1) is 5.69 Å². The third-order valence-corrected chi connectivity index (χ3v) is 4.51. The molecule has 3 rings (SSSR count). The van der Waals surface area contributed by atoms with E-state index in [9.17, 15) is 9.59 Å². The predicted molar refractivity (Wildman–Crippen MR) is 113 cm³/mol. The van der Waals surface area contributed by atoms with Crippen LogP contribution in [0.5, 0.6) is 5.75 Å². The predicted octanol–water partition coefficient (Wildman–Crippen LogP) is 4.37. The van der Waals surface area contributed by atoms with Gasteiger partial charge in [-0.2, -0.15) is 0 Å². The molecule has 1 aliphatic heterocycles. The number of rotatable bonds is 6. The summed E-state index contributed by atoms with van der Waals surface area (Å²) in [5, 5.41) is 2.82. The molecule has 0 radical (unpaired) electrons. The molecule has 0 bridgehead atoms. The van der Waals surface area contributed by atoms with E-state index >= 15 is 0 Å². The minimum absolute atomic E-state index is 0.00484. The first-order valence-electron chi connectivity index (χ1n) is 9.25. The lowest BCUT2D eigenvalue weighted by Gasteiger charge is -2.28. The van der Waals surface area contributed by atoms with Crippen molar-refractivity contribution in [1.29, 1.82) is 0 Å². The van der Waals surface area contributed by atoms with Gasteiger partial charge in [0.15, 0.2) is 6.61 Å². The van der Waals surface area contributed by atoms with Crippen molar-refractivity contribution in [2.24, 2.45) is 0 Å². The van der Waals surface area contributed by atoms with Crippen LogP contribution in [0, 0.1) is 0 Å². The number of anilines is 2. The van der Waals surface area contributed by atoms with E-state index in [0.717, 1.165) is 5.56 Å². The molecule has 2 amide bonds. The molecule has 0 fully saturated rings. The van der Waals surface area contributed by atoms with Gasteiger partial charge in [-0.25, -0.2) is 0 Å². The summed E-state index contributed by atoms with van der Waals surface area (Å²) in [5.41, 5.74) is 3.44. The van der Waals surface area contributed by atoms with Crippen LogP contribution in [-0.2, 0) is 9.59 Å². The van der Waals surface area contributed by atoms with Gasteiger partial charge in [-0.15, -0.1) is 6.58 Å². The van der Waals surface area contributed by atoms with E-state index in [1.54, 1.807) is 35.3 Å². The van der Waals surface area contributed by atoms with Gasteiger partial charge < -0.3 is 15.0 Å². The highest BCUT2D eigenvalue weighted by Crippen LogP contribution is 2.34. The molecule has 0 saturated heterocycles. The van der Waals surface area contributed by atoms with Gasteiger partial charge in [-0.3, -0.25) is 9.59 Å². The second-order valence-corrected chi connectivity index (χ2v) is 6.91. The zero-order valence-electron chi connectivity index (χ0n) is 16.1. The van der Waals surface area contributed by atoms with Crippen molar-refractivity contribution in [3.63, 3.8) is 0 Å². The first-order chi connectivity index (χ1) is 13.5. The maximum atomic E-state index is 12.3. The Hall–Kier alpha value is -3.34. The van der Waals surface area contributed by atoms with Crippen molar-refractivity contribution >= 4 is 29.3 Å². The quantitative estimate of drug-likeness (QED) is 0.601. The Morgan fingerprint density at radius 2 is 2.00 bits per heavy atom. The molecule has 0 aromatic heterocycles. The molecule has 1 heterocycles. The number of carbonyl (C=O) groups excluding carboxylic acids is 2. The van der Waals surface area contributed by atoms with Gasteiger partial charge in [-0.1, -0.05) is 44.2 Å². The lowest BCUT2D eigenvalue weighted by Crippen LogP contribution is -2.38. The molecule has 1 aliphatic rings. The van der Waals surface area contributed by atoms with E-state index in [4.69, 9.17) is 4.74 Å². The number of nitrogens with one attached hydrogen (secondary N) is 1. The number of benzene rings is 2. The monoisotopic (exact) mass is 376 g/mol. The molecular formula is C23H24N2O3. The Bertz CT molecular complexity index is 914. The SMILES string of the molecule is C=CCN1C(=O)COc2ccc(NC(=O)/C=C/c3ccc(C(C)C)cc3)cc21. The average Bonchev–Trinajstić information content (AvgIpc) is 2.69. The molecule has 0 saturated carbocycles. The van der Waals surface area contributed by atoms with E-state index in [1.165, 1.54) is 11.6 Å². The van der Waals surface area contributed by atoms with E-state index < -0.39 is 0 Å². The summed E-state index contributed by atoms with van der Waals surface area (Å²) >= 11 is 0. The number of carbonyl (C=O) groups is 2. The Kier molecular flexibility index (Phi) is 5.94. The van der Waals surface area contributed by atoms with Crippen LogP contribution >= 0.6 is 0 Å². The van der Waals surface area contributed by atoms with Crippen molar-refractivity contribution in [1.82, 2.24) is 0 Å². The lowest BCUT2D eigenvalue weighted by atomic mass is 10.0. The van der Waals surface area contributed by atoms with Crippen LogP contribution in [0.3, 0.4) is 0 Å². The van der Waals surface area contributed by atoms with Gasteiger partial charge in [0.2, 0.25) is 5.91 Å². The second kappa shape index (κ2) is 8.57. The Morgan fingerprint density at radius 1 is 1.25 bits per heavy atom. The summed E-state index contributed by atoms with van der Waals surface area (Å²) < 4.78 is 5.45. The Labute approximate surface area is 165 Å². The van der Waals surface area contributed by atoms with E-state index in [0.29, 0.717) is 29.6 Å². The first kappa shape index (κ1) is 19.4. The average molecular weight is 376 g/mol. The molecule has 2 aromatic carbocycles. The van der Waals surface area contributed by atoms with E-state index in [1.807, 2.05) is 12.1 Å². The molecule has 5 nitrogen and oxygen atoms in total. The number of nitrogens with zero attached hydrogens (tertiary/aromatic N) is 1.